The van der Waals surface area contributed by atoms with Gasteiger partial charge in [-0.25, -0.2) is 0 Å². The lowest BCUT2D eigenvalue weighted by Crippen LogP contribution is -2.07. The topological polar surface area (TPSA) is 78.9 Å². The van der Waals surface area contributed by atoms with Gasteiger partial charge in [-0.3, -0.25) is 9.55 Å². The lowest BCUT2D eigenvalue weighted by Gasteiger charge is -2.09. The molecule has 0 spiro atoms. The Bertz CT molecular complexity index is 781. The van der Waals surface area contributed by atoms with E-state index in [9.17, 15) is 0 Å². The largest absolute Gasteiger partial charge is 0.383 e. The maximum absolute atomic E-state index is 5.23. The number of hydrogen-bond acceptors (Lipinski definition) is 7. The molecule has 126 valence electrons. The molecule has 0 saturated carbocycles. The SMILES string of the molecule is COCCn1c(SCc2c(C)noc2C)nnc1-c1ccncc1. The highest BCUT2D eigenvalue weighted by Crippen LogP contribution is 2.28. The lowest BCUT2D eigenvalue weighted by atomic mass is 10.2. The first-order valence-corrected chi connectivity index (χ1v) is 8.56. The number of rotatable bonds is 7. The van der Waals surface area contributed by atoms with Crippen LogP contribution in [-0.4, -0.2) is 38.6 Å². The first-order valence-electron chi connectivity index (χ1n) is 7.57. The van der Waals surface area contributed by atoms with E-state index in [2.05, 4.69) is 24.9 Å². The second-order valence-corrected chi connectivity index (χ2v) is 6.22. The zero-order chi connectivity index (χ0) is 16.9. The second kappa shape index (κ2) is 7.59. The summed E-state index contributed by atoms with van der Waals surface area (Å²) in [6.07, 6.45) is 3.50. The van der Waals surface area contributed by atoms with Crippen molar-refractivity contribution in [2.24, 2.45) is 0 Å². The van der Waals surface area contributed by atoms with E-state index in [-0.39, 0.29) is 0 Å². The summed E-state index contributed by atoms with van der Waals surface area (Å²) in [6, 6.07) is 3.85. The molecule has 3 rings (SSSR count). The van der Waals surface area contributed by atoms with Gasteiger partial charge in [0.1, 0.15) is 5.76 Å². The first kappa shape index (κ1) is 16.7. The summed E-state index contributed by atoms with van der Waals surface area (Å²) in [6.45, 7) is 5.15. The van der Waals surface area contributed by atoms with Gasteiger partial charge in [0.25, 0.3) is 0 Å². The molecule has 3 aromatic rings. The number of pyridine rings is 1. The van der Waals surface area contributed by atoms with Crippen LogP contribution in [-0.2, 0) is 17.0 Å². The van der Waals surface area contributed by atoms with Crippen molar-refractivity contribution in [3.63, 3.8) is 0 Å². The third-order valence-corrected chi connectivity index (χ3v) is 4.69. The Labute approximate surface area is 144 Å². The summed E-state index contributed by atoms with van der Waals surface area (Å²) in [5.74, 6) is 2.40. The molecule has 0 fully saturated rings. The van der Waals surface area contributed by atoms with E-state index in [0.29, 0.717) is 13.2 Å². The summed E-state index contributed by atoms with van der Waals surface area (Å²) in [5.41, 5.74) is 3.00. The molecule has 0 aliphatic carbocycles. The first-order chi connectivity index (χ1) is 11.7. The van der Waals surface area contributed by atoms with Crippen LogP contribution in [0.25, 0.3) is 11.4 Å². The maximum atomic E-state index is 5.23. The van der Waals surface area contributed by atoms with Crippen LogP contribution in [0, 0.1) is 13.8 Å². The van der Waals surface area contributed by atoms with Gasteiger partial charge in [0.05, 0.1) is 18.8 Å². The molecule has 0 saturated heterocycles. The van der Waals surface area contributed by atoms with Crippen molar-refractivity contribution in [2.75, 3.05) is 13.7 Å². The summed E-state index contributed by atoms with van der Waals surface area (Å²) in [4.78, 5) is 4.05. The minimum Gasteiger partial charge on any atom is -0.383 e. The summed E-state index contributed by atoms with van der Waals surface area (Å²) in [7, 11) is 1.69. The second-order valence-electron chi connectivity index (χ2n) is 5.28. The highest BCUT2D eigenvalue weighted by atomic mass is 32.2. The van der Waals surface area contributed by atoms with Gasteiger partial charge in [0.2, 0.25) is 0 Å². The average molecular weight is 345 g/mol. The van der Waals surface area contributed by atoms with E-state index < -0.39 is 0 Å². The normalized spacial score (nSPS) is 11.1. The lowest BCUT2D eigenvalue weighted by molar-refractivity contribution is 0.185. The molecule has 0 aliphatic heterocycles. The van der Waals surface area contributed by atoms with Crippen molar-refractivity contribution in [3.8, 4) is 11.4 Å². The fourth-order valence-corrected chi connectivity index (χ4v) is 3.46. The number of aryl methyl sites for hydroxylation is 2. The van der Waals surface area contributed by atoms with Gasteiger partial charge in [0.15, 0.2) is 11.0 Å². The monoisotopic (exact) mass is 345 g/mol. The Morgan fingerprint density at radius 2 is 2.00 bits per heavy atom. The van der Waals surface area contributed by atoms with Gasteiger partial charge in [-0.05, 0) is 26.0 Å². The van der Waals surface area contributed by atoms with E-state index in [1.807, 2.05) is 26.0 Å². The summed E-state index contributed by atoms with van der Waals surface area (Å²) >= 11 is 1.62. The quantitative estimate of drug-likeness (QED) is 0.609. The number of ether oxygens (including phenoxy) is 1. The summed E-state index contributed by atoms with van der Waals surface area (Å²) < 4.78 is 12.5. The molecule has 0 aromatic carbocycles. The van der Waals surface area contributed by atoms with Crippen LogP contribution in [0.15, 0.2) is 34.2 Å². The number of hydrogen-bond donors (Lipinski definition) is 0. The van der Waals surface area contributed by atoms with Crippen LogP contribution in [0.5, 0.6) is 0 Å². The Kier molecular flexibility index (Phi) is 5.27. The fourth-order valence-electron chi connectivity index (χ4n) is 2.34. The van der Waals surface area contributed by atoms with Crippen molar-refractivity contribution in [1.29, 1.82) is 0 Å². The van der Waals surface area contributed by atoms with E-state index in [4.69, 9.17) is 9.26 Å². The third-order valence-electron chi connectivity index (χ3n) is 3.70. The smallest absolute Gasteiger partial charge is 0.191 e. The predicted molar refractivity (Wildman–Crippen MR) is 90.7 cm³/mol. The van der Waals surface area contributed by atoms with Gasteiger partial charge in [0, 0.05) is 36.4 Å². The number of nitrogens with zero attached hydrogens (tertiary/aromatic N) is 5. The van der Waals surface area contributed by atoms with Crippen LogP contribution < -0.4 is 0 Å². The van der Waals surface area contributed by atoms with E-state index in [0.717, 1.165) is 39.3 Å². The Balaban J connectivity index is 1.86. The average Bonchev–Trinajstić information content (AvgIpc) is 3.15. The molecule has 0 bridgehead atoms. The van der Waals surface area contributed by atoms with Gasteiger partial charge in [-0.15, -0.1) is 10.2 Å². The van der Waals surface area contributed by atoms with Gasteiger partial charge < -0.3 is 9.26 Å². The number of thioether (sulfide) groups is 1. The predicted octanol–water partition coefficient (Wildman–Crippen LogP) is 2.88. The van der Waals surface area contributed by atoms with E-state index in [1.54, 1.807) is 31.3 Å². The molecule has 3 aromatic heterocycles. The van der Waals surface area contributed by atoms with Crippen molar-refractivity contribution in [1.82, 2.24) is 24.9 Å². The molecule has 0 unspecified atom stereocenters. The fraction of sp³-hybridized carbons (Fsp3) is 0.375. The molecule has 0 N–H and O–H groups in total. The van der Waals surface area contributed by atoms with Crippen LogP contribution in [0.1, 0.15) is 17.0 Å². The van der Waals surface area contributed by atoms with Crippen molar-refractivity contribution >= 4 is 11.8 Å². The molecular weight excluding hydrogens is 326 g/mol. The zero-order valence-corrected chi connectivity index (χ0v) is 14.7. The van der Waals surface area contributed by atoms with Crippen LogP contribution in [0.3, 0.4) is 0 Å². The van der Waals surface area contributed by atoms with Gasteiger partial charge in [-0.2, -0.15) is 0 Å². The van der Waals surface area contributed by atoms with Crippen LogP contribution in [0.4, 0.5) is 0 Å². The van der Waals surface area contributed by atoms with Crippen LogP contribution >= 0.6 is 11.8 Å². The molecule has 8 heteroatoms. The standard InChI is InChI=1S/C16H19N5O2S/c1-11-14(12(2)23-20-11)10-24-16-19-18-15(21(16)8-9-22-3)13-4-6-17-7-5-13/h4-7H,8-10H2,1-3H3. The minimum absolute atomic E-state index is 0.592. The van der Waals surface area contributed by atoms with Crippen molar-refractivity contribution in [2.45, 2.75) is 31.3 Å². The summed E-state index contributed by atoms with van der Waals surface area (Å²) in [5, 5.41) is 13.5. The minimum atomic E-state index is 0.592. The third kappa shape index (κ3) is 3.49. The Morgan fingerprint density at radius 1 is 1.21 bits per heavy atom. The number of aromatic nitrogens is 5. The molecule has 0 atom stereocenters. The molecule has 3 heterocycles. The molecule has 0 radical (unpaired) electrons. The molecule has 0 amide bonds. The van der Waals surface area contributed by atoms with E-state index in [1.165, 1.54) is 0 Å². The molecule has 24 heavy (non-hydrogen) atoms. The Hall–Kier alpha value is -2.19. The van der Waals surface area contributed by atoms with Crippen molar-refractivity contribution in [3.05, 3.63) is 41.5 Å². The number of methoxy groups -OCH3 is 1. The molecule has 0 aliphatic rings. The Morgan fingerprint density at radius 3 is 2.67 bits per heavy atom. The van der Waals surface area contributed by atoms with Crippen molar-refractivity contribution < 1.29 is 9.26 Å². The molecular formula is C16H19N5O2S. The van der Waals surface area contributed by atoms with E-state index >= 15 is 0 Å². The highest BCUT2D eigenvalue weighted by Gasteiger charge is 2.16. The van der Waals surface area contributed by atoms with Crippen LogP contribution in [0.2, 0.25) is 0 Å². The molecule has 7 nitrogen and oxygen atoms in total. The highest BCUT2D eigenvalue weighted by molar-refractivity contribution is 7.98. The maximum Gasteiger partial charge on any atom is 0.191 e. The zero-order valence-electron chi connectivity index (χ0n) is 13.9. The van der Waals surface area contributed by atoms with Gasteiger partial charge in [-0.1, -0.05) is 16.9 Å². The van der Waals surface area contributed by atoms with Gasteiger partial charge >= 0.3 is 0 Å².